The summed E-state index contributed by atoms with van der Waals surface area (Å²) in [6.45, 7) is 6.56. The van der Waals surface area contributed by atoms with Crippen LogP contribution in [0.2, 0.25) is 0 Å². The van der Waals surface area contributed by atoms with Crippen LogP contribution in [0.15, 0.2) is 30.3 Å². The van der Waals surface area contributed by atoms with Crippen LogP contribution in [0, 0.1) is 0 Å². The van der Waals surface area contributed by atoms with Crippen LogP contribution in [0.1, 0.15) is 44.7 Å². The zero-order valence-electron chi connectivity index (χ0n) is 11.9. The van der Waals surface area contributed by atoms with Gasteiger partial charge in [-0.25, -0.2) is 0 Å². The van der Waals surface area contributed by atoms with Gasteiger partial charge in [0.05, 0.1) is 0 Å². The molecule has 0 aliphatic carbocycles. The van der Waals surface area contributed by atoms with E-state index in [2.05, 4.69) is 45.0 Å². The molecule has 3 nitrogen and oxygen atoms in total. The molecular formula is C16H23NO2. The molecule has 0 heterocycles. The van der Waals surface area contributed by atoms with Crippen LogP contribution in [-0.2, 0) is 10.2 Å². The number of aliphatic carboxylic acids is 1. The van der Waals surface area contributed by atoms with Crippen molar-refractivity contribution in [2.75, 3.05) is 0 Å². The SMILES string of the molecule is CC(C)(C)c1ccc(/C=C/CCC(N)C(=O)O)cc1. The zero-order valence-corrected chi connectivity index (χ0v) is 11.9. The normalized spacial score (nSPS) is 13.7. The Labute approximate surface area is 115 Å². The molecule has 0 radical (unpaired) electrons. The second-order valence-corrected chi connectivity index (χ2v) is 5.80. The first-order valence-corrected chi connectivity index (χ1v) is 6.56. The summed E-state index contributed by atoms with van der Waals surface area (Å²) in [5.41, 5.74) is 8.02. The number of rotatable bonds is 5. The summed E-state index contributed by atoms with van der Waals surface area (Å²) in [4.78, 5) is 10.5. The molecule has 104 valence electrons. The average Bonchev–Trinajstić information content (AvgIpc) is 2.33. The minimum Gasteiger partial charge on any atom is -0.480 e. The smallest absolute Gasteiger partial charge is 0.320 e. The minimum absolute atomic E-state index is 0.163. The summed E-state index contributed by atoms with van der Waals surface area (Å²) in [5, 5.41) is 8.66. The summed E-state index contributed by atoms with van der Waals surface area (Å²) in [6, 6.07) is 7.64. The van der Waals surface area contributed by atoms with E-state index in [9.17, 15) is 4.79 Å². The molecule has 0 bridgehead atoms. The summed E-state index contributed by atoms with van der Waals surface area (Å²) in [7, 11) is 0. The fourth-order valence-corrected chi connectivity index (χ4v) is 1.71. The number of hydrogen-bond acceptors (Lipinski definition) is 2. The van der Waals surface area contributed by atoms with Gasteiger partial charge in [-0.3, -0.25) is 4.79 Å². The van der Waals surface area contributed by atoms with Gasteiger partial charge in [0.1, 0.15) is 6.04 Å². The van der Waals surface area contributed by atoms with Crippen LogP contribution in [0.4, 0.5) is 0 Å². The van der Waals surface area contributed by atoms with Crippen LogP contribution in [-0.4, -0.2) is 17.1 Å². The topological polar surface area (TPSA) is 63.3 Å². The van der Waals surface area contributed by atoms with E-state index in [0.29, 0.717) is 12.8 Å². The summed E-state index contributed by atoms with van der Waals surface area (Å²) in [5.74, 6) is -0.942. The molecule has 1 aromatic rings. The molecule has 0 fully saturated rings. The third-order valence-corrected chi connectivity index (χ3v) is 3.05. The second kappa shape index (κ2) is 6.53. The molecule has 0 aromatic heterocycles. The first-order valence-electron chi connectivity index (χ1n) is 6.56. The Morgan fingerprint density at radius 2 is 1.89 bits per heavy atom. The third kappa shape index (κ3) is 5.26. The van der Waals surface area contributed by atoms with Gasteiger partial charge in [-0.05, 0) is 29.4 Å². The number of allylic oxidation sites excluding steroid dienone is 1. The van der Waals surface area contributed by atoms with E-state index in [1.807, 2.05) is 12.2 Å². The lowest BCUT2D eigenvalue weighted by Gasteiger charge is -2.18. The predicted octanol–water partition coefficient (Wildman–Crippen LogP) is 3.19. The van der Waals surface area contributed by atoms with Crippen molar-refractivity contribution in [1.82, 2.24) is 0 Å². The Bertz CT molecular complexity index is 441. The Morgan fingerprint density at radius 1 is 1.32 bits per heavy atom. The Morgan fingerprint density at radius 3 is 2.37 bits per heavy atom. The monoisotopic (exact) mass is 261 g/mol. The van der Waals surface area contributed by atoms with Gasteiger partial charge in [0.2, 0.25) is 0 Å². The summed E-state index contributed by atoms with van der Waals surface area (Å²) < 4.78 is 0. The molecule has 0 amide bonds. The molecular weight excluding hydrogens is 238 g/mol. The van der Waals surface area contributed by atoms with Gasteiger partial charge < -0.3 is 10.8 Å². The quantitative estimate of drug-likeness (QED) is 0.855. The Balaban J connectivity index is 2.52. The maximum Gasteiger partial charge on any atom is 0.320 e. The van der Waals surface area contributed by atoms with Gasteiger partial charge in [0.25, 0.3) is 0 Å². The highest BCUT2D eigenvalue weighted by Crippen LogP contribution is 2.22. The van der Waals surface area contributed by atoms with Crippen LogP contribution in [0.25, 0.3) is 6.08 Å². The number of nitrogens with two attached hydrogens (primary N) is 1. The van der Waals surface area contributed by atoms with Gasteiger partial charge >= 0.3 is 5.97 Å². The lowest BCUT2D eigenvalue weighted by atomic mass is 9.87. The van der Waals surface area contributed by atoms with Gasteiger partial charge in [-0.15, -0.1) is 0 Å². The number of carbonyl (C=O) groups is 1. The number of benzene rings is 1. The number of carboxylic acids is 1. The molecule has 0 saturated carbocycles. The standard InChI is InChI=1S/C16H23NO2/c1-16(2,3)13-10-8-12(9-11-13)6-4-5-7-14(17)15(18)19/h4,6,8-11,14H,5,7,17H2,1-3H3,(H,18,19)/b6-4+. The lowest BCUT2D eigenvalue weighted by Crippen LogP contribution is -2.29. The molecule has 0 spiro atoms. The first kappa shape index (κ1) is 15.4. The van der Waals surface area contributed by atoms with E-state index in [0.717, 1.165) is 5.56 Å². The Hall–Kier alpha value is -1.61. The molecule has 3 heteroatoms. The van der Waals surface area contributed by atoms with Gasteiger partial charge in [-0.2, -0.15) is 0 Å². The van der Waals surface area contributed by atoms with E-state index in [-0.39, 0.29) is 5.41 Å². The summed E-state index contributed by atoms with van der Waals surface area (Å²) in [6.07, 6.45) is 5.11. The van der Waals surface area contributed by atoms with Crippen LogP contribution in [0.3, 0.4) is 0 Å². The number of carboxylic acid groups (broad SMARTS) is 1. The minimum atomic E-state index is -0.942. The van der Waals surface area contributed by atoms with Gasteiger partial charge in [-0.1, -0.05) is 57.2 Å². The van der Waals surface area contributed by atoms with Crippen LogP contribution < -0.4 is 5.73 Å². The average molecular weight is 261 g/mol. The molecule has 1 atom stereocenters. The molecule has 0 saturated heterocycles. The lowest BCUT2D eigenvalue weighted by molar-refractivity contribution is -0.138. The highest BCUT2D eigenvalue weighted by Gasteiger charge is 2.12. The van der Waals surface area contributed by atoms with E-state index in [4.69, 9.17) is 10.8 Å². The molecule has 0 aliphatic rings. The molecule has 3 N–H and O–H groups in total. The van der Waals surface area contributed by atoms with Crippen molar-refractivity contribution in [1.29, 1.82) is 0 Å². The maximum absolute atomic E-state index is 10.5. The van der Waals surface area contributed by atoms with E-state index < -0.39 is 12.0 Å². The maximum atomic E-state index is 10.5. The Kier molecular flexibility index (Phi) is 5.31. The number of hydrogen-bond donors (Lipinski definition) is 2. The predicted molar refractivity (Wildman–Crippen MR) is 79.0 cm³/mol. The fraction of sp³-hybridized carbons (Fsp3) is 0.438. The van der Waals surface area contributed by atoms with Crippen molar-refractivity contribution < 1.29 is 9.90 Å². The van der Waals surface area contributed by atoms with Gasteiger partial charge in [0, 0.05) is 0 Å². The molecule has 19 heavy (non-hydrogen) atoms. The van der Waals surface area contributed by atoms with Crippen molar-refractivity contribution in [2.45, 2.75) is 45.1 Å². The van der Waals surface area contributed by atoms with E-state index >= 15 is 0 Å². The highest BCUT2D eigenvalue weighted by atomic mass is 16.4. The largest absolute Gasteiger partial charge is 0.480 e. The first-order chi connectivity index (χ1) is 8.80. The van der Waals surface area contributed by atoms with Crippen LogP contribution >= 0.6 is 0 Å². The van der Waals surface area contributed by atoms with Crippen molar-refractivity contribution >= 4 is 12.0 Å². The van der Waals surface area contributed by atoms with Crippen LogP contribution in [0.5, 0.6) is 0 Å². The zero-order chi connectivity index (χ0) is 14.5. The van der Waals surface area contributed by atoms with Crippen molar-refractivity contribution in [2.24, 2.45) is 5.73 Å². The second-order valence-electron chi connectivity index (χ2n) is 5.80. The molecule has 0 aliphatic heterocycles. The van der Waals surface area contributed by atoms with Gasteiger partial charge in [0.15, 0.2) is 0 Å². The molecule has 1 unspecified atom stereocenters. The third-order valence-electron chi connectivity index (χ3n) is 3.05. The van der Waals surface area contributed by atoms with E-state index in [1.165, 1.54) is 5.56 Å². The fourth-order valence-electron chi connectivity index (χ4n) is 1.71. The highest BCUT2D eigenvalue weighted by molar-refractivity contribution is 5.73. The molecule has 1 aromatic carbocycles. The summed E-state index contributed by atoms with van der Waals surface area (Å²) >= 11 is 0. The van der Waals surface area contributed by atoms with E-state index in [1.54, 1.807) is 0 Å². The van der Waals surface area contributed by atoms with Crippen molar-refractivity contribution in [3.8, 4) is 0 Å². The van der Waals surface area contributed by atoms with Crippen molar-refractivity contribution in [3.63, 3.8) is 0 Å². The van der Waals surface area contributed by atoms with Crippen molar-refractivity contribution in [3.05, 3.63) is 41.5 Å². The molecule has 1 rings (SSSR count).